The molecule has 3 aromatic rings. The van der Waals surface area contributed by atoms with Gasteiger partial charge >= 0.3 is 0 Å². The normalized spacial score (nSPS) is 11.1. The van der Waals surface area contributed by atoms with Crippen molar-refractivity contribution in [3.8, 4) is 0 Å². The van der Waals surface area contributed by atoms with Gasteiger partial charge in [-0.3, -0.25) is 4.79 Å². The van der Waals surface area contributed by atoms with Gasteiger partial charge in [0.05, 0.1) is 14.3 Å². The summed E-state index contributed by atoms with van der Waals surface area (Å²) in [6.45, 7) is 0. The van der Waals surface area contributed by atoms with E-state index in [2.05, 4.69) is 22.6 Å². The Morgan fingerprint density at radius 3 is 2.56 bits per heavy atom. The van der Waals surface area contributed by atoms with E-state index in [-0.39, 0.29) is 5.43 Å². The van der Waals surface area contributed by atoms with Crippen LogP contribution in [-0.2, 0) is 0 Å². The Bertz CT molecular complexity index is 744. The van der Waals surface area contributed by atoms with E-state index in [4.69, 9.17) is 4.42 Å². The van der Waals surface area contributed by atoms with E-state index in [0.717, 1.165) is 3.57 Å². The average Bonchev–Trinajstić information content (AvgIpc) is 2.31. The van der Waals surface area contributed by atoms with Crippen LogP contribution in [-0.4, -0.2) is 0 Å². The van der Waals surface area contributed by atoms with Gasteiger partial charge in [0.1, 0.15) is 5.58 Å². The highest BCUT2D eigenvalue weighted by Gasteiger charge is 2.08. The Morgan fingerprint density at radius 2 is 1.69 bits per heavy atom. The number of benzene rings is 2. The van der Waals surface area contributed by atoms with Crippen molar-refractivity contribution < 1.29 is 4.42 Å². The van der Waals surface area contributed by atoms with Gasteiger partial charge in [-0.25, -0.2) is 0 Å². The van der Waals surface area contributed by atoms with E-state index in [9.17, 15) is 4.79 Å². The number of para-hydroxylation sites is 2. The highest BCUT2D eigenvalue weighted by Crippen LogP contribution is 2.22. The Kier molecular flexibility index (Phi) is 2.21. The van der Waals surface area contributed by atoms with Crippen molar-refractivity contribution in [3.63, 3.8) is 0 Å². The van der Waals surface area contributed by atoms with Gasteiger partial charge in [0, 0.05) is 0 Å². The number of hydrogen-bond donors (Lipinski definition) is 0. The molecule has 3 heteroatoms. The number of rotatable bonds is 0. The Balaban J connectivity index is 2.67. The Morgan fingerprint density at radius 1 is 0.938 bits per heavy atom. The zero-order valence-electron chi connectivity index (χ0n) is 8.24. The fraction of sp³-hybridized carbons (Fsp3) is 0. The maximum absolute atomic E-state index is 12.2. The molecule has 0 unspecified atom stereocenters. The second-order valence-electron chi connectivity index (χ2n) is 3.54. The largest absolute Gasteiger partial charge is 0.455 e. The van der Waals surface area contributed by atoms with E-state index >= 15 is 0 Å². The van der Waals surface area contributed by atoms with Crippen LogP contribution in [0.2, 0.25) is 0 Å². The molecule has 0 saturated heterocycles. The molecule has 2 aromatic carbocycles. The molecule has 0 spiro atoms. The maximum Gasteiger partial charge on any atom is 0.200 e. The zero-order chi connectivity index (χ0) is 11.1. The molecule has 0 saturated carbocycles. The highest BCUT2D eigenvalue weighted by atomic mass is 127. The molecule has 2 nitrogen and oxygen atoms in total. The first kappa shape index (κ1) is 9.84. The molecule has 0 radical (unpaired) electrons. The van der Waals surface area contributed by atoms with E-state index < -0.39 is 0 Å². The van der Waals surface area contributed by atoms with Gasteiger partial charge in [-0.2, -0.15) is 0 Å². The molecule has 0 aliphatic rings. The molecule has 3 rings (SSSR count). The third kappa shape index (κ3) is 1.35. The minimum atomic E-state index is 0.0374. The van der Waals surface area contributed by atoms with Crippen LogP contribution in [0, 0.1) is 3.57 Å². The predicted molar refractivity (Wildman–Crippen MR) is 72.7 cm³/mol. The van der Waals surface area contributed by atoms with Crippen LogP contribution < -0.4 is 5.43 Å². The molecule has 1 heterocycles. The summed E-state index contributed by atoms with van der Waals surface area (Å²) in [5, 5.41) is 1.28. The Hall–Kier alpha value is -1.36. The molecule has 0 bridgehead atoms. The van der Waals surface area contributed by atoms with Crippen LogP contribution in [0.5, 0.6) is 0 Å². The van der Waals surface area contributed by atoms with Gasteiger partial charge in [-0.05, 0) is 46.9 Å². The first-order valence-corrected chi connectivity index (χ1v) is 5.95. The fourth-order valence-electron chi connectivity index (χ4n) is 1.79. The quantitative estimate of drug-likeness (QED) is 0.468. The summed E-state index contributed by atoms with van der Waals surface area (Å²) in [7, 11) is 0. The van der Waals surface area contributed by atoms with Gasteiger partial charge in [-0.15, -0.1) is 0 Å². The summed E-state index contributed by atoms with van der Waals surface area (Å²) >= 11 is 2.17. The minimum Gasteiger partial charge on any atom is -0.455 e. The van der Waals surface area contributed by atoms with E-state index in [1.165, 1.54) is 0 Å². The second kappa shape index (κ2) is 3.59. The standard InChI is InChI=1S/C13H7IO2/c14-10-6-3-5-9-12(15)8-4-1-2-7-11(8)16-13(9)10/h1-7H. The van der Waals surface area contributed by atoms with Crippen LogP contribution >= 0.6 is 22.6 Å². The lowest BCUT2D eigenvalue weighted by molar-refractivity contribution is 0.657. The van der Waals surface area contributed by atoms with E-state index in [1.807, 2.05) is 30.3 Å². The summed E-state index contributed by atoms with van der Waals surface area (Å²) < 4.78 is 6.71. The van der Waals surface area contributed by atoms with Crippen LogP contribution in [0.1, 0.15) is 0 Å². The highest BCUT2D eigenvalue weighted by molar-refractivity contribution is 14.1. The predicted octanol–water partition coefficient (Wildman–Crippen LogP) is 3.55. The van der Waals surface area contributed by atoms with Gasteiger partial charge in [-0.1, -0.05) is 18.2 Å². The molecular formula is C13H7IO2. The first-order valence-electron chi connectivity index (χ1n) is 4.87. The van der Waals surface area contributed by atoms with Crippen LogP contribution in [0.15, 0.2) is 51.7 Å². The molecule has 0 aliphatic heterocycles. The summed E-state index contributed by atoms with van der Waals surface area (Å²) in [5.74, 6) is 0. The first-order chi connectivity index (χ1) is 7.77. The van der Waals surface area contributed by atoms with Crippen molar-refractivity contribution in [2.45, 2.75) is 0 Å². The summed E-state index contributed by atoms with van der Waals surface area (Å²) in [4.78, 5) is 12.2. The molecule has 1 aromatic heterocycles. The summed E-state index contributed by atoms with van der Waals surface area (Å²) in [5.41, 5.74) is 1.35. The van der Waals surface area contributed by atoms with Crippen LogP contribution in [0.3, 0.4) is 0 Å². The maximum atomic E-state index is 12.2. The van der Waals surface area contributed by atoms with E-state index in [1.54, 1.807) is 12.1 Å². The minimum absolute atomic E-state index is 0.0374. The molecule has 78 valence electrons. The van der Waals surface area contributed by atoms with Crippen molar-refractivity contribution in [1.29, 1.82) is 0 Å². The third-order valence-corrected chi connectivity index (χ3v) is 3.40. The topological polar surface area (TPSA) is 30.2 Å². The summed E-state index contributed by atoms with van der Waals surface area (Å²) in [6, 6.07) is 12.9. The molecule has 0 N–H and O–H groups in total. The number of hydrogen-bond acceptors (Lipinski definition) is 2. The van der Waals surface area contributed by atoms with Crippen molar-refractivity contribution in [1.82, 2.24) is 0 Å². The monoisotopic (exact) mass is 322 g/mol. The van der Waals surface area contributed by atoms with Gasteiger partial charge in [0.2, 0.25) is 5.43 Å². The lowest BCUT2D eigenvalue weighted by atomic mass is 10.1. The lowest BCUT2D eigenvalue weighted by Crippen LogP contribution is -2.02. The number of fused-ring (bicyclic) bond motifs is 2. The van der Waals surface area contributed by atoms with Crippen LogP contribution in [0.4, 0.5) is 0 Å². The van der Waals surface area contributed by atoms with Crippen molar-refractivity contribution >= 4 is 44.5 Å². The second-order valence-corrected chi connectivity index (χ2v) is 4.71. The van der Waals surface area contributed by atoms with Crippen LogP contribution in [0.25, 0.3) is 21.9 Å². The molecule has 16 heavy (non-hydrogen) atoms. The molecular weight excluding hydrogens is 315 g/mol. The fourth-order valence-corrected chi connectivity index (χ4v) is 2.40. The average molecular weight is 322 g/mol. The van der Waals surface area contributed by atoms with Crippen molar-refractivity contribution in [2.24, 2.45) is 0 Å². The van der Waals surface area contributed by atoms with Gasteiger partial charge < -0.3 is 4.42 Å². The SMILES string of the molecule is O=c1c2ccccc2oc2c(I)cccc12. The van der Waals surface area contributed by atoms with E-state index in [0.29, 0.717) is 21.9 Å². The molecule has 0 aliphatic carbocycles. The zero-order valence-corrected chi connectivity index (χ0v) is 10.4. The van der Waals surface area contributed by atoms with Gasteiger partial charge in [0.15, 0.2) is 5.58 Å². The Labute approximate surface area is 105 Å². The summed E-state index contributed by atoms with van der Waals surface area (Å²) in [6.07, 6.45) is 0. The molecule has 0 amide bonds. The molecule has 0 atom stereocenters. The number of halogens is 1. The third-order valence-electron chi connectivity index (χ3n) is 2.56. The lowest BCUT2D eigenvalue weighted by Gasteiger charge is -2.01. The van der Waals surface area contributed by atoms with Crippen molar-refractivity contribution in [3.05, 3.63) is 56.3 Å². The molecule has 0 fully saturated rings. The van der Waals surface area contributed by atoms with Gasteiger partial charge in [0.25, 0.3) is 0 Å². The van der Waals surface area contributed by atoms with Crippen molar-refractivity contribution in [2.75, 3.05) is 0 Å². The smallest absolute Gasteiger partial charge is 0.200 e.